The maximum Gasteiger partial charge on any atom is 0.311 e. The molecule has 190 valence electrons. The molecule has 2 aromatic rings. The summed E-state index contributed by atoms with van der Waals surface area (Å²) in [5.41, 5.74) is 0.939. The zero-order valence-electron chi connectivity index (χ0n) is 20.9. The molecule has 0 N–H and O–H groups in total. The van der Waals surface area contributed by atoms with Crippen LogP contribution in [0.1, 0.15) is 61.4 Å². The third-order valence-corrected chi connectivity index (χ3v) is 5.29. The van der Waals surface area contributed by atoms with Gasteiger partial charge in [-0.1, -0.05) is 25.5 Å². The number of hydrogen-bond donors (Lipinski definition) is 0. The second-order valence-electron chi connectivity index (χ2n) is 7.91. The van der Waals surface area contributed by atoms with Crippen LogP contribution in [-0.2, 0) is 20.7 Å². The lowest BCUT2D eigenvalue weighted by atomic mass is 10.0. The molecule has 0 bridgehead atoms. The van der Waals surface area contributed by atoms with Gasteiger partial charge in [0.25, 0.3) is 0 Å². The number of ketones is 1. The Morgan fingerprint density at radius 3 is 1.97 bits per heavy atom. The minimum absolute atomic E-state index is 0.0729. The molecule has 0 unspecified atom stereocenters. The molecule has 0 aliphatic carbocycles. The number of carbonyl (C=O) groups is 3. The van der Waals surface area contributed by atoms with Crippen LogP contribution in [0, 0.1) is 0 Å². The van der Waals surface area contributed by atoms with Crippen LogP contribution in [0.5, 0.6) is 23.0 Å². The summed E-state index contributed by atoms with van der Waals surface area (Å²) >= 11 is 0. The second kappa shape index (κ2) is 14.7. The van der Waals surface area contributed by atoms with E-state index in [0.717, 1.165) is 18.4 Å². The summed E-state index contributed by atoms with van der Waals surface area (Å²) in [5, 5.41) is 0. The standard InChI is InChI=1S/C27H34O8/c1-5-6-15-34-25(29)9-7-8-10-26(30)35-24-18-21(32-3)17-23(33-4)27(24)22(28)16-19-11-13-20(31-2)14-12-19/h11-14,17-18H,5-10,15-16H2,1-4H3. The number of benzene rings is 2. The van der Waals surface area contributed by atoms with E-state index in [1.165, 1.54) is 20.3 Å². The van der Waals surface area contributed by atoms with Crippen molar-refractivity contribution in [3.8, 4) is 23.0 Å². The topological polar surface area (TPSA) is 97.4 Å². The molecular formula is C27H34O8. The lowest BCUT2D eigenvalue weighted by Crippen LogP contribution is -2.14. The van der Waals surface area contributed by atoms with Crippen molar-refractivity contribution < 1.29 is 38.1 Å². The largest absolute Gasteiger partial charge is 0.497 e. The van der Waals surface area contributed by atoms with Gasteiger partial charge in [0, 0.05) is 31.4 Å². The smallest absolute Gasteiger partial charge is 0.311 e. The monoisotopic (exact) mass is 486 g/mol. The van der Waals surface area contributed by atoms with Gasteiger partial charge in [-0.15, -0.1) is 0 Å². The van der Waals surface area contributed by atoms with Crippen LogP contribution in [0.4, 0.5) is 0 Å². The number of hydrogen-bond acceptors (Lipinski definition) is 8. The molecule has 0 fully saturated rings. The Bertz CT molecular complexity index is 981. The fraction of sp³-hybridized carbons (Fsp3) is 0.444. The van der Waals surface area contributed by atoms with Gasteiger partial charge in [0.15, 0.2) is 5.78 Å². The van der Waals surface area contributed by atoms with Crippen molar-refractivity contribution in [2.45, 2.75) is 51.9 Å². The van der Waals surface area contributed by atoms with Crippen LogP contribution in [0.25, 0.3) is 0 Å². The first-order valence-electron chi connectivity index (χ1n) is 11.7. The fourth-order valence-corrected chi connectivity index (χ4v) is 3.33. The zero-order valence-corrected chi connectivity index (χ0v) is 20.9. The van der Waals surface area contributed by atoms with Crippen molar-refractivity contribution in [1.29, 1.82) is 0 Å². The summed E-state index contributed by atoms with van der Waals surface area (Å²) in [6.07, 6.45) is 3.17. The van der Waals surface area contributed by atoms with Crippen LogP contribution in [0.15, 0.2) is 36.4 Å². The van der Waals surface area contributed by atoms with Crippen LogP contribution in [0.3, 0.4) is 0 Å². The fourth-order valence-electron chi connectivity index (χ4n) is 3.33. The third-order valence-electron chi connectivity index (χ3n) is 5.29. The van der Waals surface area contributed by atoms with Gasteiger partial charge in [-0.2, -0.15) is 0 Å². The quantitative estimate of drug-likeness (QED) is 0.151. The van der Waals surface area contributed by atoms with Gasteiger partial charge >= 0.3 is 11.9 Å². The van der Waals surface area contributed by atoms with E-state index >= 15 is 0 Å². The van der Waals surface area contributed by atoms with Gasteiger partial charge in [-0.25, -0.2) is 0 Å². The predicted octanol–water partition coefficient (Wildman–Crippen LogP) is 4.95. The Kier molecular flexibility index (Phi) is 11.6. The zero-order chi connectivity index (χ0) is 25.6. The molecule has 8 heteroatoms. The minimum Gasteiger partial charge on any atom is -0.497 e. The second-order valence-corrected chi connectivity index (χ2v) is 7.91. The molecule has 0 saturated carbocycles. The molecular weight excluding hydrogens is 452 g/mol. The highest BCUT2D eigenvalue weighted by Gasteiger charge is 2.23. The molecule has 0 aliphatic rings. The van der Waals surface area contributed by atoms with Crippen molar-refractivity contribution in [2.24, 2.45) is 0 Å². The molecule has 2 aromatic carbocycles. The highest BCUT2D eigenvalue weighted by molar-refractivity contribution is 6.03. The molecule has 0 heterocycles. The summed E-state index contributed by atoms with van der Waals surface area (Å²) in [5.74, 6) is 0.345. The molecule has 0 radical (unpaired) electrons. The van der Waals surface area contributed by atoms with E-state index in [1.54, 1.807) is 37.4 Å². The van der Waals surface area contributed by atoms with Crippen molar-refractivity contribution in [3.63, 3.8) is 0 Å². The number of ether oxygens (including phenoxy) is 5. The third kappa shape index (κ3) is 8.96. The molecule has 0 saturated heterocycles. The Balaban J connectivity index is 2.07. The highest BCUT2D eigenvalue weighted by Crippen LogP contribution is 2.35. The lowest BCUT2D eigenvalue weighted by Gasteiger charge is -2.15. The summed E-state index contributed by atoms with van der Waals surface area (Å²) in [4.78, 5) is 37.4. The number of unbranched alkanes of at least 4 members (excludes halogenated alkanes) is 2. The predicted molar refractivity (Wildman–Crippen MR) is 131 cm³/mol. The van der Waals surface area contributed by atoms with Gasteiger partial charge in [0.05, 0.1) is 27.9 Å². The van der Waals surface area contributed by atoms with E-state index in [2.05, 4.69) is 0 Å². The first-order chi connectivity index (χ1) is 16.9. The molecule has 0 spiro atoms. The Morgan fingerprint density at radius 2 is 1.37 bits per heavy atom. The summed E-state index contributed by atoms with van der Waals surface area (Å²) in [6.45, 7) is 2.44. The number of carbonyl (C=O) groups excluding carboxylic acids is 3. The average molecular weight is 487 g/mol. The highest BCUT2D eigenvalue weighted by atomic mass is 16.5. The van der Waals surface area contributed by atoms with E-state index in [9.17, 15) is 14.4 Å². The minimum atomic E-state index is -0.516. The summed E-state index contributed by atoms with van der Waals surface area (Å²) in [7, 11) is 4.48. The van der Waals surface area contributed by atoms with Crippen LogP contribution >= 0.6 is 0 Å². The molecule has 0 aliphatic heterocycles. The van der Waals surface area contributed by atoms with Gasteiger partial charge in [0.2, 0.25) is 0 Å². The Labute approximate surface area is 206 Å². The van der Waals surface area contributed by atoms with Gasteiger partial charge in [-0.05, 0) is 37.0 Å². The number of methoxy groups -OCH3 is 3. The number of rotatable bonds is 15. The van der Waals surface area contributed by atoms with Crippen molar-refractivity contribution in [2.75, 3.05) is 27.9 Å². The summed E-state index contributed by atoms with van der Waals surface area (Å²) < 4.78 is 26.5. The van der Waals surface area contributed by atoms with Crippen LogP contribution < -0.4 is 18.9 Å². The lowest BCUT2D eigenvalue weighted by molar-refractivity contribution is -0.144. The van der Waals surface area contributed by atoms with E-state index in [-0.39, 0.29) is 48.1 Å². The molecule has 0 atom stereocenters. The maximum absolute atomic E-state index is 13.2. The molecule has 8 nitrogen and oxygen atoms in total. The van der Waals surface area contributed by atoms with Crippen molar-refractivity contribution in [3.05, 3.63) is 47.5 Å². The van der Waals surface area contributed by atoms with E-state index < -0.39 is 5.97 Å². The van der Waals surface area contributed by atoms with Crippen LogP contribution in [-0.4, -0.2) is 45.7 Å². The Morgan fingerprint density at radius 1 is 0.743 bits per heavy atom. The summed E-state index contributed by atoms with van der Waals surface area (Å²) in [6, 6.07) is 10.2. The number of esters is 2. The van der Waals surface area contributed by atoms with E-state index in [0.29, 0.717) is 30.9 Å². The van der Waals surface area contributed by atoms with Crippen molar-refractivity contribution in [1.82, 2.24) is 0 Å². The first-order valence-corrected chi connectivity index (χ1v) is 11.7. The van der Waals surface area contributed by atoms with Gasteiger partial charge in [0.1, 0.15) is 28.6 Å². The molecule has 2 rings (SSSR count). The molecule has 0 aromatic heterocycles. The number of Topliss-reactive ketones (excluding diaryl/α,β-unsaturated/α-hetero) is 1. The maximum atomic E-state index is 13.2. The molecule has 35 heavy (non-hydrogen) atoms. The van der Waals surface area contributed by atoms with Crippen LogP contribution in [0.2, 0.25) is 0 Å². The van der Waals surface area contributed by atoms with Gasteiger partial charge in [-0.3, -0.25) is 14.4 Å². The first kappa shape index (κ1) is 27.7. The van der Waals surface area contributed by atoms with E-state index in [4.69, 9.17) is 23.7 Å². The van der Waals surface area contributed by atoms with E-state index in [1.807, 2.05) is 6.92 Å². The average Bonchev–Trinajstić information content (AvgIpc) is 2.86. The van der Waals surface area contributed by atoms with Gasteiger partial charge < -0.3 is 23.7 Å². The Hall–Kier alpha value is -3.55. The molecule has 0 amide bonds. The van der Waals surface area contributed by atoms with Crippen molar-refractivity contribution >= 4 is 17.7 Å². The normalized spacial score (nSPS) is 10.4. The SMILES string of the molecule is CCCCOC(=O)CCCCC(=O)Oc1cc(OC)cc(OC)c1C(=O)Cc1ccc(OC)cc1.